The molecule has 1 aliphatic heterocycles. The van der Waals surface area contributed by atoms with E-state index in [4.69, 9.17) is 4.74 Å². The van der Waals surface area contributed by atoms with Crippen molar-refractivity contribution in [2.75, 3.05) is 26.7 Å². The molecule has 2 aromatic rings. The van der Waals surface area contributed by atoms with Crippen LogP contribution < -0.4 is 10.6 Å². The van der Waals surface area contributed by atoms with Gasteiger partial charge in [0.15, 0.2) is 5.96 Å². The minimum Gasteiger partial charge on any atom is -0.374 e. The fourth-order valence-corrected chi connectivity index (χ4v) is 3.60. The van der Waals surface area contributed by atoms with Crippen molar-refractivity contribution in [1.82, 2.24) is 25.4 Å². The molecule has 0 spiro atoms. The van der Waals surface area contributed by atoms with Crippen molar-refractivity contribution in [3.63, 3.8) is 0 Å². The van der Waals surface area contributed by atoms with E-state index in [1.165, 1.54) is 24.8 Å². The monoisotopic (exact) mass is 526 g/mol. The second-order valence-electron chi connectivity index (χ2n) is 7.45. The number of aliphatic imine (C=N–C) groups is 1. The molecule has 166 valence electrons. The highest BCUT2D eigenvalue weighted by atomic mass is 127. The van der Waals surface area contributed by atoms with Crippen LogP contribution in [0, 0.1) is 0 Å². The fourth-order valence-electron chi connectivity index (χ4n) is 3.60. The first-order valence-electron chi connectivity index (χ1n) is 10.8. The van der Waals surface area contributed by atoms with Gasteiger partial charge in [-0.3, -0.25) is 4.99 Å². The topological polar surface area (TPSA) is 76.4 Å². The number of halogens is 1. The van der Waals surface area contributed by atoms with Crippen LogP contribution in [0.4, 0.5) is 0 Å². The molecule has 3 rings (SSSR count). The summed E-state index contributed by atoms with van der Waals surface area (Å²) in [6, 6.07) is 10.3. The van der Waals surface area contributed by atoms with Crippen molar-refractivity contribution in [3.05, 3.63) is 47.5 Å². The van der Waals surface area contributed by atoms with Crippen molar-refractivity contribution in [1.29, 1.82) is 0 Å². The summed E-state index contributed by atoms with van der Waals surface area (Å²) >= 11 is 0. The van der Waals surface area contributed by atoms with E-state index in [0.29, 0.717) is 6.61 Å². The van der Waals surface area contributed by atoms with Gasteiger partial charge in [-0.05, 0) is 31.7 Å². The van der Waals surface area contributed by atoms with E-state index in [-0.39, 0.29) is 30.1 Å². The van der Waals surface area contributed by atoms with Crippen LogP contribution in [-0.2, 0) is 24.1 Å². The normalized spacial score (nSPS) is 14.9. The molecule has 0 saturated heterocycles. The van der Waals surface area contributed by atoms with Crippen molar-refractivity contribution in [3.8, 4) is 0 Å². The van der Waals surface area contributed by atoms with Gasteiger partial charge in [-0.15, -0.1) is 34.2 Å². The summed E-state index contributed by atoms with van der Waals surface area (Å²) in [6.07, 6.45) is 6.67. The van der Waals surface area contributed by atoms with Gasteiger partial charge in [0.2, 0.25) is 0 Å². The van der Waals surface area contributed by atoms with E-state index in [2.05, 4.69) is 49.4 Å². The molecule has 1 aliphatic rings. The van der Waals surface area contributed by atoms with E-state index in [1.54, 1.807) is 7.05 Å². The predicted octanol–water partition coefficient (Wildman–Crippen LogP) is 3.50. The number of hydrogen-bond acceptors (Lipinski definition) is 4. The number of nitrogens with one attached hydrogen (secondary N) is 2. The van der Waals surface area contributed by atoms with Crippen LogP contribution >= 0.6 is 24.0 Å². The van der Waals surface area contributed by atoms with Crippen LogP contribution in [0.3, 0.4) is 0 Å². The third-order valence-electron chi connectivity index (χ3n) is 5.30. The average Bonchev–Trinajstić information content (AvgIpc) is 2.98. The standard InChI is InChI=1S/C22H34N6O.HI/c1-18(19-10-5-3-6-11-19)29-17-9-14-24-22(23-2)25-15-13-21-27-26-20-12-7-4-8-16-28(20)21;/h3,5-6,10-11,18H,4,7-9,12-17H2,1-2H3,(H2,23,24,25);1H. The Bertz CT molecular complexity index is 764. The molecule has 1 aromatic carbocycles. The molecule has 0 amide bonds. The Balaban J connectivity index is 0.00000320. The molecule has 1 atom stereocenters. The summed E-state index contributed by atoms with van der Waals surface area (Å²) in [6.45, 7) is 5.47. The molecule has 0 fully saturated rings. The summed E-state index contributed by atoms with van der Waals surface area (Å²) in [5.74, 6) is 3.04. The molecule has 7 nitrogen and oxygen atoms in total. The smallest absolute Gasteiger partial charge is 0.190 e. The first-order valence-corrected chi connectivity index (χ1v) is 10.8. The maximum Gasteiger partial charge on any atom is 0.190 e. The zero-order valence-corrected chi connectivity index (χ0v) is 20.5. The van der Waals surface area contributed by atoms with Gasteiger partial charge in [-0.2, -0.15) is 0 Å². The Labute approximate surface area is 197 Å². The van der Waals surface area contributed by atoms with Gasteiger partial charge in [0.05, 0.1) is 6.10 Å². The number of nitrogens with zero attached hydrogens (tertiary/aromatic N) is 4. The zero-order chi connectivity index (χ0) is 20.3. The third kappa shape index (κ3) is 7.54. The Morgan fingerprint density at radius 2 is 1.93 bits per heavy atom. The lowest BCUT2D eigenvalue weighted by atomic mass is 10.1. The van der Waals surface area contributed by atoms with Crippen molar-refractivity contribution >= 4 is 29.9 Å². The molecular formula is C22H35IN6O. The lowest BCUT2D eigenvalue weighted by Crippen LogP contribution is -2.39. The van der Waals surface area contributed by atoms with E-state index >= 15 is 0 Å². The van der Waals surface area contributed by atoms with Crippen LogP contribution in [0.2, 0.25) is 0 Å². The Kier molecular flexibility index (Phi) is 11.1. The van der Waals surface area contributed by atoms with Crippen LogP contribution in [0.15, 0.2) is 35.3 Å². The van der Waals surface area contributed by atoms with Crippen molar-refractivity contribution in [2.24, 2.45) is 4.99 Å². The average molecular weight is 526 g/mol. The van der Waals surface area contributed by atoms with E-state index in [0.717, 1.165) is 56.5 Å². The number of rotatable bonds is 9. The third-order valence-corrected chi connectivity index (χ3v) is 5.30. The summed E-state index contributed by atoms with van der Waals surface area (Å²) in [5.41, 5.74) is 1.21. The number of guanidine groups is 1. The highest BCUT2D eigenvalue weighted by Gasteiger charge is 2.14. The first-order chi connectivity index (χ1) is 14.3. The largest absolute Gasteiger partial charge is 0.374 e. The fraction of sp³-hybridized carbons (Fsp3) is 0.591. The van der Waals surface area contributed by atoms with Gasteiger partial charge in [0.25, 0.3) is 0 Å². The van der Waals surface area contributed by atoms with Gasteiger partial charge in [0.1, 0.15) is 11.6 Å². The van der Waals surface area contributed by atoms with Gasteiger partial charge in [-0.1, -0.05) is 36.8 Å². The molecule has 0 saturated carbocycles. The second kappa shape index (κ2) is 13.6. The summed E-state index contributed by atoms with van der Waals surface area (Å²) in [4.78, 5) is 4.30. The quantitative estimate of drug-likeness (QED) is 0.227. The number of aryl methyl sites for hydroxylation is 1. The summed E-state index contributed by atoms with van der Waals surface area (Å²) < 4.78 is 8.22. The van der Waals surface area contributed by atoms with Crippen LogP contribution in [-0.4, -0.2) is 47.5 Å². The molecule has 0 bridgehead atoms. The molecule has 2 heterocycles. The number of aromatic nitrogens is 3. The molecule has 0 aliphatic carbocycles. The van der Waals surface area contributed by atoms with Gasteiger partial charge in [-0.25, -0.2) is 0 Å². The Hall–Kier alpha value is -1.68. The lowest BCUT2D eigenvalue weighted by molar-refractivity contribution is 0.0646. The van der Waals surface area contributed by atoms with Gasteiger partial charge < -0.3 is 19.9 Å². The minimum atomic E-state index is 0. The molecular weight excluding hydrogens is 491 g/mol. The number of fused-ring (bicyclic) bond motifs is 1. The summed E-state index contributed by atoms with van der Waals surface area (Å²) in [5, 5.41) is 15.5. The lowest BCUT2D eigenvalue weighted by Gasteiger charge is -2.15. The molecule has 8 heteroatoms. The second-order valence-corrected chi connectivity index (χ2v) is 7.45. The maximum absolute atomic E-state index is 5.92. The minimum absolute atomic E-state index is 0. The number of ether oxygens (including phenoxy) is 1. The number of benzene rings is 1. The van der Waals surface area contributed by atoms with Crippen molar-refractivity contribution < 1.29 is 4.74 Å². The molecule has 1 unspecified atom stereocenters. The maximum atomic E-state index is 5.92. The molecule has 2 N–H and O–H groups in total. The van der Waals surface area contributed by atoms with Crippen molar-refractivity contribution in [2.45, 2.75) is 58.1 Å². The predicted molar refractivity (Wildman–Crippen MR) is 131 cm³/mol. The SMILES string of the molecule is CN=C(NCCCOC(C)c1ccccc1)NCCc1nnc2n1CCCCC2.I. The van der Waals surface area contributed by atoms with Gasteiger partial charge in [0, 0.05) is 46.1 Å². The summed E-state index contributed by atoms with van der Waals surface area (Å²) in [7, 11) is 1.80. The highest BCUT2D eigenvalue weighted by Crippen LogP contribution is 2.16. The van der Waals surface area contributed by atoms with Crippen LogP contribution in [0.5, 0.6) is 0 Å². The first kappa shape index (κ1) is 24.6. The van der Waals surface area contributed by atoms with Crippen LogP contribution in [0.25, 0.3) is 0 Å². The number of hydrogen-bond donors (Lipinski definition) is 2. The Morgan fingerprint density at radius 1 is 1.13 bits per heavy atom. The van der Waals surface area contributed by atoms with Gasteiger partial charge >= 0.3 is 0 Å². The molecule has 1 aromatic heterocycles. The van der Waals surface area contributed by atoms with E-state index in [1.807, 2.05) is 18.2 Å². The Morgan fingerprint density at radius 3 is 2.73 bits per heavy atom. The van der Waals surface area contributed by atoms with Crippen LogP contribution in [0.1, 0.15) is 55.9 Å². The van der Waals surface area contributed by atoms with E-state index in [9.17, 15) is 0 Å². The highest BCUT2D eigenvalue weighted by molar-refractivity contribution is 14.0. The molecule has 0 radical (unpaired) electrons. The van der Waals surface area contributed by atoms with E-state index < -0.39 is 0 Å². The molecule has 30 heavy (non-hydrogen) atoms. The zero-order valence-electron chi connectivity index (χ0n) is 18.1.